The van der Waals surface area contributed by atoms with Gasteiger partial charge in [-0.2, -0.15) is 0 Å². The topological polar surface area (TPSA) is 38.7 Å². The van der Waals surface area contributed by atoms with E-state index in [1.165, 1.54) is 38.5 Å². The first-order valence-corrected chi connectivity index (χ1v) is 20.2. The fourth-order valence-electron chi connectivity index (χ4n) is 8.75. The van der Waals surface area contributed by atoms with E-state index >= 15 is 0 Å². The van der Waals surface area contributed by atoms with Crippen LogP contribution in [0.25, 0.3) is 0 Å². The van der Waals surface area contributed by atoms with Crippen molar-refractivity contribution >= 4 is 16.6 Å². The van der Waals surface area contributed by atoms with Crippen molar-refractivity contribution in [2.75, 3.05) is 0 Å². The van der Waals surface area contributed by atoms with Crippen LogP contribution in [0.4, 0.5) is 0 Å². The summed E-state index contributed by atoms with van der Waals surface area (Å²) in [7, 11) is -3.27. The average Bonchev–Trinajstić information content (AvgIpc) is 2.93. The molecule has 0 unspecified atom stereocenters. The molecule has 3 saturated carbocycles. The quantitative estimate of drug-likeness (QED) is 0.337. The molecule has 0 aliphatic heterocycles. The number of aliphatic hydroxyl groups is 1. The Kier molecular flexibility index (Phi) is 6.32. The van der Waals surface area contributed by atoms with E-state index in [-0.39, 0.29) is 11.0 Å². The van der Waals surface area contributed by atoms with Gasteiger partial charge in [-0.15, -0.1) is 0 Å². The van der Waals surface area contributed by atoms with Crippen LogP contribution in [-0.2, 0) is 8.85 Å². The van der Waals surface area contributed by atoms with Gasteiger partial charge in [0.05, 0.1) is 11.7 Å². The van der Waals surface area contributed by atoms with Crippen LogP contribution in [0.2, 0.25) is 39.3 Å². The summed E-state index contributed by atoms with van der Waals surface area (Å²) in [6.07, 6.45) is 12.3. The van der Waals surface area contributed by atoms with Gasteiger partial charge in [0.15, 0.2) is 16.6 Å². The zero-order valence-electron chi connectivity index (χ0n) is 22.4. The molecule has 3 fully saturated rings. The smallest absolute Gasteiger partial charge is 0.184 e. The van der Waals surface area contributed by atoms with E-state index in [0.717, 1.165) is 24.7 Å². The molecule has 0 saturated heterocycles. The summed E-state index contributed by atoms with van der Waals surface area (Å²) in [6, 6.07) is 0. The van der Waals surface area contributed by atoms with Crippen molar-refractivity contribution in [2.24, 2.45) is 28.6 Å². The van der Waals surface area contributed by atoms with Gasteiger partial charge in [0.1, 0.15) is 0 Å². The monoisotopic (exact) mass is 478 g/mol. The third-order valence-electron chi connectivity index (χ3n) is 9.93. The highest BCUT2D eigenvalue weighted by Crippen LogP contribution is 2.68. The molecule has 8 atom stereocenters. The Morgan fingerprint density at radius 3 is 2.19 bits per heavy atom. The van der Waals surface area contributed by atoms with Gasteiger partial charge in [-0.3, -0.25) is 0 Å². The molecule has 0 aromatic heterocycles. The average molecular weight is 479 g/mol. The summed E-state index contributed by atoms with van der Waals surface area (Å²) in [4.78, 5) is 0. The summed E-state index contributed by atoms with van der Waals surface area (Å²) >= 11 is 0. The number of aliphatic hydroxyl groups excluding tert-OH is 1. The largest absolute Gasteiger partial charge is 0.414 e. The molecule has 4 aliphatic carbocycles. The summed E-state index contributed by atoms with van der Waals surface area (Å²) < 4.78 is 13.5. The molecule has 32 heavy (non-hydrogen) atoms. The Bertz CT molecular complexity index is 751. The lowest BCUT2D eigenvalue weighted by molar-refractivity contribution is -0.159. The second-order valence-electron chi connectivity index (χ2n) is 14.1. The highest BCUT2D eigenvalue weighted by molar-refractivity contribution is 6.70. The Morgan fingerprint density at radius 1 is 0.938 bits per heavy atom. The summed E-state index contributed by atoms with van der Waals surface area (Å²) in [6.45, 7) is 20.9. The standard InChI is InChI=1S/C27H50O3Si2/c1-19(28)27(30-32(7,8)9)17-14-24-22-11-10-20-18-21(29-31(4,5)6)12-15-25(20,2)23(22)13-16-26(24,27)3/h10,19,21-24,28H,11-18H2,1-9H3/t19-,21-,22+,23-,24-,25-,26-,27+/m0/s1. The van der Waals surface area contributed by atoms with Gasteiger partial charge in [0.25, 0.3) is 0 Å². The van der Waals surface area contributed by atoms with Crippen LogP contribution in [0.3, 0.4) is 0 Å². The highest BCUT2D eigenvalue weighted by atomic mass is 28.4. The fraction of sp³-hybridized carbons (Fsp3) is 0.926. The van der Waals surface area contributed by atoms with Crippen LogP contribution in [0, 0.1) is 28.6 Å². The molecule has 0 bridgehead atoms. The highest BCUT2D eigenvalue weighted by Gasteiger charge is 2.66. The molecule has 0 spiro atoms. The van der Waals surface area contributed by atoms with Crippen molar-refractivity contribution < 1.29 is 14.0 Å². The molecular formula is C27H50O3Si2. The maximum Gasteiger partial charge on any atom is 0.184 e. The van der Waals surface area contributed by atoms with E-state index in [1.54, 1.807) is 5.57 Å². The predicted octanol–water partition coefficient (Wildman–Crippen LogP) is 7.14. The zero-order valence-corrected chi connectivity index (χ0v) is 24.4. The molecule has 0 amide bonds. The third kappa shape index (κ3) is 4.06. The first-order valence-electron chi connectivity index (χ1n) is 13.4. The lowest BCUT2D eigenvalue weighted by atomic mass is 9.46. The molecule has 0 aromatic carbocycles. The van der Waals surface area contributed by atoms with Gasteiger partial charge >= 0.3 is 0 Å². The second-order valence-corrected chi connectivity index (χ2v) is 23.0. The Labute approximate surface area is 200 Å². The normalized spacial score (nSPS) is 45.5. The summed E-state index contributed by atoms with van der Waals surface area (Å²) in [5.41, 5.74) is 1.78. The lowest BCUT2D eigenvalue weighted by Crippen LogP contribution is -2.61. The summed E-state index contributed by atoms with van der Waals surface area (Å²) in [5.74, 6) is 2.19. The molecular weight excluding hydrogens is 428 g/mol. The van der Waals surface area contributed by atoms with Gasteiger partial charge in [-0.05, 0) is 121 Å². The molecule has 1 N–H and O–H groups in total. The number of hydrogen-bond donors (Lipinski definition) is 1. The van der Waals surface area contributed by atoms with Crippen LogP contribution < -0.4 is 0 Å². The molecule has 0 heterocycles. The molecule has 4 aliphatic rings. The minimum absolute atomic E-state index is 0.0858. The summed E-state index contributed by atoms with van der Waals surface area (Å²) in [5, 5.41) is 11.1. The fourth-order valence-corrected chi connectivity index (χ4v) is 11.5. The van der Waals surface area contributed by atoms with Gasteiger partial charge < -0.3 is 14.0 Å². The van der Waals surface area contributed by atoms with E-state index < -0.39 is 22.7 Å². The Balaban J connectivity index is 1.61. The predicted molar refractivity (Wildman–Crippen MR) is 139 cm³/mol. The van der Waals surface area contributed by atoms with Gasteiger partial charge in [0, 0.05) is 11.5 Å². The maximum absolute atomic E-state index is 11.1. The lowest BCUT2D eigenvalue weighted by Gasteiger charge is -2.61. The number of hydrogen-bond acceptors (Lipinski definition) is 3. The van der Waals surface area contributed by atoms with Crippen molar-refractivity contribution in [2.45, 2.75) is 129 Å². The third-order valence-corrected chi connectivity index (χ3v) is 11.9. The van der Waals surface area contributed by atoms with Crippen molar-refractivity contribution in [3.8, 4) is 0 Å². The van der Waals surface area contributed by atoms with Gasteiger partial charge in [-0.1, -0.05) is 25.5 Å². The zero-order chi connectivity index (χ0) is 23.7. The molecule has 184 valence electrons. The van der Waals surface area contributed by atoms with E-state index in [4.69, 9.17) is 8.85 Å². The molecule has 0 radical (unpaired) electrons. The van der Waals surface area contributed by atoms with Crippen LogP contribution in [0.1, 0.15) is 72.1 Å². The minimum Gasteiger partial charge on any atom is -0.414 e. The van der Waals surface area contributed by atoms with Crippen molar-refractivity contribution in [1.82, 2.24) is 0 Å². The SMILES string of the molecule is C[C@H](O)[C@]1(O[Si](C)(C)C)CC[C@H]2[C@@H]3CC=C4C[C@@H](O[Si](C)(C)C)CC[C@]4(C)[C@H]3CC[C@@]21C. The van der Waals surface area contributed by atoms with Crippen LogP contribution in [0.5, 0.6) is 0 Å². The molecule has 4 rings (SSSR count). The molecule has 3 nitrogen and oxygen atoms in total. The first kappa shape index (κ1) is 25.2. The van der Waals surface area contributed by atoms with Crippen LogP contribution >= 0.6 is 0 Å². The number of rotatable bonds is 5. The first-order chi connectivity index (χ1) is 14.6. The van der Waals surface area contributed by atoms with Crippen molar-refractivity contribution in [3.05, 3.63) is 11.6 Å². The second kappa shape index (κ2) is 8.04. The van der Waals surface area contributed by atoms with Gasteiger partial charge in [-0.25, -0.2) is 0 Å². The maximum atomic E-state index is 11.1. The Morgan fingerprint density at radius 2 is 1.59 bits per heavy atom. The van der Waals surface area contributed by atoms with E-state index in [0.29, 0.717) is 17.4 Å². The Hall–Kier alpha value is 0.0538. The molecule has 0 aromatic rings. The minimum atomic E-state index is -1.78. The van der Waals surface area contributed by atoms with E-state index in [9.17, 15) is 5.11 Å². The van der Waals surface area contributed by atoms with Gasteiger partial charge in [0.2, 0.25) is 0 Å². The van der Waals surface area contributed by atoms with Crippen molar-refractivity contribution in [1.29, 1.82) is 0 Å². The van der Waals surface area contributed by atoms with E-state index in [1.807, 2.05) is 6.92 Å². The van der Waals surface area contributed by atoms with E-state index in [2.05, 4.69) is 59.2 Å². The van der Waals surface area contributed by atoms with Crippen molar-refractivity contribution in [3.63, 3.8) is 0 Å². The number of fused-ring (bicyclic) bond motifs is 5. The molecule has 5 heteroatoms. The van der Waals surface area contributed by atoms with Crippen LogP contribution in [-0.4, -0.2) is 39.6 Å². The number of allylic oxidation sites excluding steroid dienone is 1. The van der Waals surface area contributed by atoms with Crippen LogP contribution in [0.15, 0.2) is 11.6 Å².